The third kappa shape index (κ3) is 4.99. The van der Waals surface area contributed by atoms with Crippen LogP contribution < -0.4 is 15.4 Å². The van der Waals surface area contributed by atoms with Gasteiger partial charge in [0.05, 0.1) is 6.61 Å². The molecule has 0 aliphatic rings. The Morgan fingerprint density at radius 1 is 1.06 bits per heavy atom. The summed E-state index contributed by atoms with van der Waals surface area (Å²) < 4.78 is 7.33. The summed E-state index contributed by atoms with van der Waals surface area (Å²) in [6.07, 6.45) is 2.45. The van der Waals surface area contributed by atoms with E-state index in [1.807, 2.05) is 66.9 Å². The number of amides is 1. The first-order chi connectivity index (χ1) is 15.1. The second kappa shape index (κ2) is 9.27. The van der Waals surface area contributed by atoms with Crippen molar-refractivity contribution in [3.8, 4) is 16.9 Å². The smallest absolute Gasteiger partial charge is 0.247 e. The van der Waals surface area contributed by atoms with Gasteiger partial charge in [0, 0.05) is 43.1 Å². The lowest BCUT2D eigenvalue weighted by atomic mass is 10.1. The first-order valence-corrected chi connectivity index (χ1v) is 9.96. The van der Waals surface area contributed by atoms with Gasteiger partial charge in [-0.2, -0.15) is 4.98 Å². The molecule has 0 saturated heterocycles. The molecular weight excluding hydrogens is 394 g/mol. The topological polar surface area (TPSA) is 101 Å². The molecule has 8 nitrogen and oxygen atoms in total. The molecule has 0 atom stereocenters. The van der Waals surface area contributed by atoms with Gasteiger partial charge in [-0.3, -0.25) is 4.79 Å². The molecule has 158 valence electrons. The number of pyridine rings is 1. The lowest BCUT2D eigenvalue weighted by molar-refractivity contribution is -0.114. The van der Waals surface area contributed by atoms with E-state index in [1.54, 1.807) is 4.52 Å². The molecule has 0 bridgehead atoms. The highest BCUT2D eigenvalue weighted by atomic mass is 16.5. The van der Waals surface area contributed by atoms with Gasteiger partial charge in [0.15, 0.2) is 5.65 Å². The van der Waals surface area contributed by atoms with Crippen LogP contribution in [0.15, 0.2) is 66.9 Å². The highest BCUT2D eigenvalue weighted by molar-refractivity contribution is 5.88. The molecule has 0 fully saturated rings. The minimum atomic E-state index is -0.111. The summed E-state index contributed by atoms with van der Waals surface area (Å²) in [6, 6.07) is 19.0. The van der Waals surface area contributed by atoms with E-state index in [0.29, 0.717) is 19.0 Å². The lowest BCUT2D eigenvalue weighted by Crippen LogP contribution is -2.05. The molecule has 3 N–H and O–H groups in total. The molecule has 0 spiro atoms. The zero-order valence-electron chi connectivity index (χ0n) is 17.1. The maximum absolute atomic E-state index is 11.1. The predicted octanol–water partition coefficient (Wildman–Crippen LogP) is 3.86. The summed E-state index contributed by atoms with van der Waals surface area (Å²) in [5.41, 5.74) is 4.22. The summed E-state index contributed by atoms with van der Waals surface area (Å²) in [7, 11) is 0. The second-order valence-corrected chi connectivity index (χ2v) is 6.96. The standard InChI is InChI=1S/C23H23N5O3/c1-16(30)24-18-7-9-19(10-8-18)25-23-26-22-21(4-2-13-28(22)27-23)17-5-11-20(12-6-17)31-15-3-14-29/h2,4-13,29H,3,14-15H2,1H3,(H,24,30)(H,25,27). The van der Waals surface area contributed by atoms with Crippen LogP contribution in [0.2, 0.25) is 0 Å². The Morgan fingerprint density at radius 2 is 1.81 bits per heavy atom. The molecule has 0 radical (unpaired) electrons. The van der Waals surface area contributed by atoms with Crippen LogP contribution in [-0.2, 0) is 4.79 Å². The molecule has 0 aliphatic carbocycles. The van der Waals surface area contributed by atoms with Gasteiger partial charge in [-0.15, -0.1) is 5.10 Å². The van der Waals surface area contributed by atoms with Gasteiger partial charge in [-0.05, 0) is 54.1 Å². The Hall–Kier alpha value is -3.91. The number of hydrogen-bond acceptors (Lipinski definition) is 6. The number of ether oxygens (including phenoxy) is 1. The van der Waals surface area contributed by atoms with Crippen molar-refractivity contribution in [2.45, 2.75) is 13.3 Å². The highest BCUT2D eigenvalue weighted by Gasteiger charge is 2.10. The lowest BCUT2D eigenvalue weighted by Gasteiger charge is -2.07. The predicted molar refractivity (Wildman–Crippen MR) is 120 cm³/mol. The van der Waals surface area contributed by atoms with Crippen molar-refractivity contribution >= 4 is 28.9 Å². The number of hydrogen-bond donors (Lipinski definition) is 3. The average molecular weight is 417 g/mol. The number of benzene rings is 2. The first-order valence-electron chi connectivity index (χ1n) is 9.96. The Labute approximate surface area is 179 Å². The fourth-order valence-corrected chi connectivity index (χ4v) is 3.14. The third-order valence-electron chi connectivity index (χ3n) is 4.56. The first kappa shape index (κ1) is 20.4. The van der Waals surface area contributed by atoms with Gasteiger partial charge < -0.3 is 20.5 Å². The number of nitrogens with one attached hydrogen (secondary N) is 2. The van der Waals surface area contributed by atoms with Crippen molar-refractivity contribution in [3.63, 3.8) is 0 Å². The molecule has 8 heteroatoms. The number of nitrogens with zero attached hydrogens (tertiary/aromatic N) is 3. The van der Waals surface area contributed by atoms with Crippen LogP contribution in [0.4, 0.5) is 17.3 Å². The molecule has 2 heterocycles. The fraction of sp³-hybridized carbons (Fsp3) is 0.174. The zero-order valence-corrected chi connectivity index (χ0v) is 17.1. The molecule has 1 amide bonds. The maximum Gasteiger partial charge on any atom is 0.247 e. The van der Waals surface area contributed by atoms with Crippen molar-refractivity contribution in [1.29, 1.82) is 0 Å². The van der Waals surface area contributed by atoms with Crippen molar-refractivity contribution in [2.24, 2.45) is 0 Å². The molecule has 4 rings (SSSR count). The summed E-state index contributed by atoms with van der Waals surface area (Å²) in [5, 5.41) is 19.3. The normalized spacial score (nSPS) is 10.8. The number of aromatic nitrogens is 3. The van der Waals surface area contributed by atoms with Crippen molar-refractivity contribution in [1.82, 2.24) is 14.6 Å². The second-order valence-electron chi connectivity index (χ2n) is 6.96. The molecule has 31 heavy (non-hydrogen) atoms. The van der Waals surface area contributed by atoms with Crippen molar-refractivity contribution < 1.29 is 14.6 Å². The SMILES string of the molecule is CC(=O)Nc1ccc(Nc2nc3c(-c4ccc(OCCCO)cc4)cccn3n2)cc1. The van der Waals surface area contributed by atoms with E-state index in [9.17, 15) is 4.79 Å². The van der Waals surface area contributed by atoms with E-state index >= 15 is 0 Å². The highest BCUT2D eigenvalue weighted by Crippen LogP contribution is 2.27. The summed E-state index contributed by atoms with van der Waals surface area (Å²) >= 11 is 0. The van der Waals surface area contributed by atoms with Crippen LogP contribution >= 0.6 is 0 Å². The Bertz CT molecular complexity index is 1170. The Morgan fingerprint density at radius 3 is 2.52 bits per heavy atom. The molecule has 2 aromatic carbocycles. The fourth-order valence-electron chi connectivity index (χ4n) is 3.14. The van der Waals surface area contributed by atoms with Gasteiger partial charge in [0.1, 0.15) is 5.75 Å². The molecular formula is C23H23N5O3. The minimum Gasteiger partial charge on any atom is -0.494 e. The van der Waals surface area contributed by atoms with Gasteiger partial charge in [0.2, 0.25) is 11.9 Å². The van der Waals surface area contributed by atoms with Crippen molar-refractivity contribution in [2.75, 3.05) is 23.8 Å². The van der Waals surface area contributed by atoms with E-state index in [1.165, 1.54) is 6.92 Å². The van der Waals surface area contributed by atoms with Crippen molar-refractivity contribution in [3.05, 3.63) is 66.9 Å². The third-order valence-corrected chi connectivity index (χ3v) is 4.56. The number of anilines is 3. The van der Waals surface area contributed by atoms with Gasteiger partial charge >= 0.3 is 0 Å². The summed E-state index contributed by atoms with van der Waals surface area (Å²) in [4.78, 5) is 15.8. The van der Waals surface area contributed by atoms with Gasteiger partial charge in [-0.1, -0.05) is 12.1 Å². The van der Waals surface area contributed by atoms with Crippen LogP contribution in [0.3, 0.4) is 0 Å². The molecule has 4 aromatic rings. The van der Waals surface area contributed by atoms with Crippen LogP contribution in [0, 0.1) is 0 Å². The summed E-state index contributed by atoms with van der Waals surface area (Å²) in [6.45, 7) is 2.07. The molecule has 0 unspecified atom stereocenters. The summed E-state index contributed by atoms with van der Waals surface area (Å²) in [5.74, 6) is 1.12. The van der Waals surface area contributed by atoms with E-state index in [2.05, 4.69) is 20.7 Å². The maximum atomic E-state index is 11.1. The Balaban J connectivity index is 1.53. The van der Waals surface area contributed by atoms with Crippen LogP contribution in [0.5, 0.6) is 5.75 Å². The number of aliphatic hydroxyl groups is 1. The number of rotatable bonds is 8. The average Bonchev–Trinajstić information content (AvgIpc) is 3.18. The monoisotopic (exact) mass is 417 g/mol. The van der Waals surface area contributed by atoms with Crippen LogP contribution in [0.1, 0.15) is 13.3 Å². The largest absolute Gasteiger partial charge is 0.494 e. The minimum absolute atomic E-state index is 0.111. The van der Waals surface area contributed by atoms with E-state index in [0.717, 1.165) is 33.9 Å². The number of carbonyl (C=O) groups is 1. The quantitative estimate of drug-likeness (QED) is 0.377. The van der Waals surface area contributed by atoms with E-state index in [4.69, 9.17) is 9.84 Å². The Kier molecular flexibility index (Phi) is 6.09. The van der Waals surface area contributed by atoms with Gasteiger partial charge in [-0.25, -0.2) is 4.52 Å². The number of fused-ring (bicyclic) bond motifs is 1. The number of aliphatic hydroxyl groups excluding tert-OH is 1. The molecule has 2 aromatic heterocycles. The van der Waals surface area contributed by atoms with Crippen LogP contribution in [-0.4, -0.2) is 38.8 Å². The number of carbonyl (C=O) groups excluding carboxylic acids is 1. The van der Waals surface area contributed by atoms with Gasteiger partial charge in [0.25, 0.3) is 0 Å². The molecule has 0 saturated carbocycles. The van der Waals surface area contributed by atoms with E-state index < -0.39 is 0 Å². The van der Waals surface area contributed by atoms with E-state index in [-0.39, 0.29) is 12.5 Å². The molecule has 0 aliphatic heterocycles. The zero-order chi connectivity index (χ0) is 21.6. The van der Waals surface area contributed by atoms with Crippen LogP contribution in [0.25, 0.3) is 16.8 Å².